The lowest BCUT2D eigenvalue weighted by molar-refractivity contribution is -0.120. The maximum Gasteiger partial charge on any atom is 0.238 e. The van der Waals surface area contributed by atoms with Crippen molar-refractivity contribution in [3.8, 4) is 0 Å². The Balaban J connectivity index is 1.94. The third-order valence-corrected chi connectivity index (χ3v) is 3.42. The van der Waals surface area contributed by atoms with Gasteiger partial charge in [0.25, 0.3) is 0 Å². The van der Waals surface area contributed by atoms with Crippen LogP contribution in [0.3, 0.4) is 0 Å². The van der Waals surface area contributed by atoms with Crippen LogP contribution in [0.1, 0.15) is 5.56 Å². The van der Waals surface area contributed by atoms with E-state index in [-0.39, 0.29) is 25.1 Å². The van der Waals surface area contributed by atoms with E-state index in [1.807, 2.05) is 29.2 Å². The van der Waals surface area contributed by atoms with E-state index in [1.165, 1.54) is 0 Å². The van der Waals surface area contributed by atoms with E-state index in [1.54, 1.807) is 0 Å². The summed E-state index contributed by atoms with van der Waals surface area (Å²) in [6.07, 6.45) is 0. The van der Waals surface area contributed by atoms with E-state index in [4.69, 9.17) is 10.5 Å². The van der Waals surface area contributed by atoms with Gasteiger partial charge in [-0.25, -0.2) is 0 Å². The molecule has 1 aromatic rings. The van der Waals surface area contributed by atoms with Crippen molar-refractivity contribution >= 4 is 11.6 Å². The summed E-state index contributed by atoms with van der Waals surface area (Å²) in [6.45, 7) is 2.32. The highest BCUT2D eigenvalue weighted by Crippen LogP contribution is 2.14. The number of amides is 1. The van der Waals surface area contributed by atoms with Crippen molar-refractivity contribution in [2.24, 2.45) is 5.73 Å². The van der Waals surface area contributed by atoms with Crippen LogP contribution in [0.15, 0.2) is 24.3 Å². The molecule has 110 valence electrons. The van der Waals surface area contributed by atoms with Gasteiger partial charge in [0.15, 0.2) is 0 Å². The summed E-state index contributed by atoms with van der Waals surface area (Å²) in [5, 5.41) is 12.1. The number of aliphatic hydroxyl groups is 1. The fourth-order valence-corrected chi connectivity index (χ4v) is 2.26. The molecule has 1 unspecified atom stereocenters. The number of nitrogens with two attached hydrogens (primary N) is 1. The number of hydrogen-bond donors (Lipinski definition) is 3. The first-order valence-corrected chi connectivity index (χ1v) is 6.75. The number of para-hydroxylation sites is 1. The molecule has 6 nitrogen and oxygen atoms in total. The van der Waals surface area contributed by atoms with Crippen LogP contribution >= 0.6 is 0 Å². The number of morpholine rings is 1. The molecule has 0 aromatic heterocycles. The lowest BCUT2D eigenvalue weighted by Crippen LogP contribution is -2.50. The summed E-state index contributed by atoms with van der Waals surface area (Å²) < 4.78 is 5.29. The van der Waals surface area contributed by atoms with Crippen molar-refractivity contribution < 1.29 is 14.6 Å². The zero-order chi connectivity index (χ0) is 14.4. The van der Waals surface area contributed by atoms with E-state index in [0.29, 0.717) is 26.3 Å². The molecule has 0 radical (unpaired) electrons. The highest BCUT2D eigenvalue weighted by molar-refractivity contribution is 5.93. The maximum absolute atomic E-state index is 12.1. The molecule has 0 bridgehead atoms. The third kappa shape index (κ3) is 3.77. The van der Waals surface area contributed by atoms with Gasteiger partial charge < -0.3 is 20.9 Å². The third-order valence-electron chi connectivity index (χ3n) is 3.42. The summed E-state index contributed by atoms with van der Waals surface area (Å²) in [4.78, 5) is 14.0. The topological polar surface area (TPSA) is 87.8 Å². The summed E-state index contributed by atoms with van der Waals surface area (Å²) in [5.74, 6) is -0.105. The molecule has 6 heteroatoms. The van der Waals surface area contributed by atoms with Crippen molar-refractivity contribution in [3.63, 3.8) is 0 Å². The molecule has 1 saturated heterocycles. The fraction of sp³-hybridized carbons (Fsp3) is 0.500. The molecule has 0 spiro atoms. The second-order valence-electron chi connectivity index (χ2n) is 4.79. The minimum Gasteiger partial charge on any atom is -0.395 e. The van der Waals surface area contributed by atoms with E-state index >= 15 is 0 Å². The smallest absolute Gasteiger partial charge is 0.238 e. The van der Waals surface area contributed by atoms with Crippen LogP contribution in [0.2, 0.25) is 0 Å². The van der Waals surface area contributed by atoms with Gasteiger partial charge >= 0.3 is 0 Å². The Bertz CT molecular complexity index is 453. The van der Waals surface area contributed by atoms with Crippen molar-refractivity contribution in [1.29, 1.82) is 0 Å². The number of benzene rings is 1. The number of aliphatic hydroxyl groups excluding tert-OH is 1. The molecular formula is C14H21N3O3. The molecule has 4 N–H and O–H groups in total. The molecule has 20 heavy (non-hydrogen) atoms. The van der Waals surface area contributed by atoms with Crippen LogP contribution in [0.4, 0.5) is 5.69 Å². The number of nitrogens with one attached hydrogen (secondary N) is 1. The first-order valence-electron chi connectivity index (χ1n) is 6.75. The summed E-state index contributed by atoms with van der Waals surface area (Å²) in [7, 11) is 0. The van der Waals surface area contributed by atoms with Gasteiger partial charge in [-0.05, 0) is 11.6 Å². The standard InChI is InChI=1S/C14H21N3O3/c15-7-11-3-1-2-4-13(11)16-14(19)8-17-5-6-20-10-12(17)9-18/h1-4,12,18H,5-10,15H2,(H,16,19). The highest BCUT2D eigenvalue weighted by atomic mass is 16.5. The number of rotatable bonds is 5. The van der Waals surface area contributed by atoms with Gasteiger partial charge in [-0.2, -0.15) is 0 Å². The number of hydrogen-bond acceptors (Lipinski definition) is 5. The van der Waals surface area contributed by atoms with Crippen molar-refractivity contribution in [2.75, 3.05) is 38.2 Å². The fourth-order valence-electron chi connectivity index (χ4n) is 2.26. The average Bonchev–Trinajstić information content (AvgIpc) is 2.48. The highest BCUT2D eigenvalue weighted by Gasteiger charge is 2.24. The van der Waals surface area contributed by atoms with E-state index in [2.05, 4.69) is 5.32 Å². The summed E-state index contributed by atoms with van der Waals surface area (Å²) in [6, 6.07) is 7.37. The normalized spacial score (nSPS) is 19.8. The number of carbonyl (C=O) groups is 1. The number of nitrogens with zero attached hydrogens (tertiary/aromatic N) is 1. The predicted molar refractivity (Wildman–Crippen MR) is 76.2 cm³/mol. The number of anilines is 1. The molecule has 1 aromatic carbocycles. The van der Waals surface area contributed by atoms with Crippen LogP contribution in [-0.2, 0) is 16.1 Å². The van der Waals surface area contributed by atoms with E-state index < -0.39 is 0 Å². The number of ether oxygens (including phenoxy) is 1. The van der Waals surface area contributed by atoms with Gasteiger partial charge in [0.2, 0.25) is 5.91 Å². The first kappa shape index (κ1) is 14.9. The van der Waals surface area contributed by atoms with E-state index in [9.17, 15) is 9.90 Å². The minimum absolute atomic E-state index is 0.00727. The second kappa shape index (κ2) is 7.35. The Morgan fingerprint density at radius 1 is 1.50 bits per heavy atom. The van der Waals surface area contributed by atoms with Gasteiger partial charge in [-0.1, -0.05) is 18.2 Å². The van der Waals surface area contributed by atoms with Crippen LogP contribution in [0, 0.1) is 0 Å². The van der Waals surface area contributed by atoms with E-state index in [0.717, 1.165) is 11.3 Å². The Kier molecular flexibility index (Phi) is 5.49. The largest absolute Gasteiger partial charge is 0.395 e. The van der Waals surface area contributed by atoms with Crippen LogP contribution in [-0.4, -0.2) is 54.9 Å². The van der Waals surface area contributed by atoms with Crippen LogP contribution in [0.25, 0.3) is 0 Å². The van der Waals surface area contributed by atoms with Gasteiger partial charge in [-0.3, -0.25) is 9.69 Å². The van der Waals surface area contributed by atoms with Crippen LogP contribution in [0.5, 0.6) is 0 Å². The average molecular weight is 279 g/mol. The van der Waals surface area contributed by atoms with Gasteiger partial charge in [-0.15, -0.1) is 0 Å². The maximum atomic E-state index is 12.1. The zero-order valence-electron chi connectivity index (χ0n) is 11.4. The SMILES string of the molecule is NCc1ccccc1NC(=O)CN1CCOCC1CO. The molecule has 1 aliphatic heterocycles. The molecule has 1 fully saturated rings. The Morgan fingerprint density at radius 3 is 3.05 bits per heavy atom. The Labute approximate surface area is 118 Å². The lowest BCUT2D eigenvalue weighted by Gasteiger charge is -2.33. The number of carbonyl (C=O) groups excluding carboxylic acids is 1. The van der Waals surface area contributed by atoms with Crippen molar-refractivity contribution in [2.45, 2.75) is 12.6 Å². The molecule has 1 aliphatic rings. The second-order valence-corrected chi connectivity index (χ2v) is 4.79. The van der Waals surface area contributed by atoms with Gasteiger partial charge in [0, 0.05) is 18.8 Å². The van der Waals surface area contributed by atoms with Crippen molar-refractivity contribution in [1.82, 2.24) is 4.90 Å². The van der Waals surface area contributed by atoms with Gasteiger partial charge in [0.1, 0.15) is 0 Å². The molecule has 0 saturated carbocycles. The molecule has 1 amide bonds. The zero-order valence-corrected chi connectivity index (χ0v) is 11.4. The Hall–Kier alpha value is -1.47. The molecule has 1 heterocycles. The predicted octanol–water partition coefficient (Wildman–Crippen LogP) is -0.223. The molecule has 1 atom stereocenters. The minimum atomic E-state index is -0.112. The monoisotopic (exact) mass is 279 g/mol. The molecule has 0 aliphatic carbocycles. The molecular weight excluding hydrogens is 258 g/mol. The Morgan fingerprint density at radius 2 is 2.30 bits per heavy atom. The summed E-state index contributed by atoms with van der Waals surface area (Å²) >= 11 is 0. The molecule has 2 rings (SSSR count). The van der Waals surface area contributed by atoms with Gasteiger partial charge in [0.05, 0.1) is 32.4 Å². The quantitative estimate of drug-likeness (QED) is 0.693. The van der Waals surface area contributed by atoms with Crippen molar-refractivity contribution in [3.05, 3.63) is 29.8 Å². The van der Waals surface area contributed by atoms with Crippen LogP contribution < -0.4 is 11.1 Å². The first-order chi connectivity index (χ1) is 9.74. The lowest BCUT2D eigenvalue weighted by atomic mass is 10.1. The summed E-state index contributed by atoms with van der Waals surface area (Å²) in [5.41, 5.74) is 7.29.